The standard InChI is InChI=1S/C26H27O7P/c1-3-4-10-25(20-11-15-22(16-12-20)31-19(2)27)26(28)21-13-17-24(18-14-21)33-34(29,30)32-23-8-6-5-7-9-23/h5-9,11-18,25H,3-4,10H2,1-2H3,(H,29,30). The molecular formula is C26H27O7P. The number of rotatable bonds is 11. The Hall–Kier alpha value is -3.41. The Bertz CT molecular complexity index is 1140. The molecule has 3 aromatic carbocycles. The van der Waals surface area contributed by atoms with E-state index in [0.717, 1.165) is 18.4 Å². The van der Waals surface area contributed by atoms with Crippen LogP contribution in [0, 0.1) is 0 Å². The van der Waals surface area contributed by atoms with Gasteiger partial charge < -0.3 is 13.8 Å². The molecule has 178 valence electrons. The number of carbonyl (C=O) groups is 2. The van der Waals surface area contributed by atoms with Gasteiger partial charge in [0.15, 0.2) is 5.78 Å². The van der Waals surface area contributed by atoms with Crippen LogP contribution >= 0.6 is 7.82 Å². The highest BCUT2D eigenvalue weighted by molar-refractivity contribution is 7.48. The molecule has 34 heavy (non-hydrogen) atoms. The lowest BCUT2D eigenvalue weighted by Gasteiger charge is -2.17. The maximum atomic E-state index is 13.3. The van der Waals surface area contributed by atoms with E-state index in [1.165, 1.54) is 19.1 Å². The van der Waals surface area contributed by atoms with Gasteiger partial charge in [0, 0.05) is 18.4 Å². The van der Waals surface area contributed by atoms with Crippen LogP contribution in [0.2, 0.25) is 0 Å². The third-order valence-corrected chi connectivity index (χ3v) is 5.91. The fraction of sp³-hybridized carbons (Fsp3) is 0.231. The molecule has 0 radical (unpaired) electrons. The van der Waals surface area contributed by atoms with Crippen LogP contribution in [0.25, 0.3) is 0 Å². The Morgan fingerprint density at radius 3 is 1.97 bits per heavy atom. The summed E-state index contributed by atoms with van der Waals surface area (Å²) in [5.74, 6) is -0.120. The van der Waals surface area contributed by atoms with Crippen molar-refractivity contribution in [2.45, 2.75) is 39.0 Å². The topological polar surface area (TPSA) is 99.1 Å². The molecule has 0 aromatic heterocycles. The van der Waals surface area contributed by atoms with Crippen LogP contribution < -0.4 is 13.8 Å². The smallest absolute Gasteiger partial charge is 0.427 e. The molecule has 0 saturated carbocycles. The van der Waals surface area contributed by atoms with E-state index in [4.69, 9.17) is 13.8 Å². The maximum absolute atomic E-state index is 13.3. The normalized spacial score (nSPS) is 13.4. The van der Waals surface area contributed by atoms with Gasteiger partial charge in [0.1, 0.15) is 17.2 Å². The van der Waals surface area contributed by atoms with Gasteiger partial charge in [-0.05, 0) is 60.5 Å². The van der Waals surface area contributed by atoms with Crippen LogP contribution in [0.3, 0.4) is 0 Å². The first-order valence-corrected chi connectivity index (χ1v) is 12.5. The van der Waals surface area contributed by atoms with Gasteiger partial charge in [-0.2, -0.15) is 0 Å². The van der Waals surface area contributed by atoms with Gasteiger partial charge in [0.25, 0.3) is 0 Å². The van der Waals surface area contributed by atoms with E-state index in [-0.39, 0.29) is 23.2 Å². The van der Waals surface area contributed by atoms with Crippen LogP contribution in [0.4, 0.5) is 0 Å². The number of hydrogen-bond acceptors (Lipinski definition) is 6. The van der Waals surface area contributed by atoms with Crippen molar-refractivity contribution in [1.82, 2.24) is 0 Å². The van der Waals surface area contributed by atoms with Crippen molar-refractivity contribution in [2.24, 2.45) is 0 Å². The molecule has 2 unspecified atom stereocenters. The van der Waals surface area contributed by atoms with E-state index in [0.29, 0.717) is 17.7 Å². The van der Waals surface area contributed by atoms with Crippen LogP contribution in [-0.2, 0) is 9.36 Å². The number of ketones is 1. The molecule has 3 aromatic rings. The summed E-state index contributed by atoms with van der Waals surface area (Å²) < 4.78 is 27.5. The summed E-state index contributed by atoms with van der Waals surface area (Å²) in [6.45, 7) is 3.39. The summed E-state index contributed by atoms with van der Waals surface area (Å²) in [6, 6.07) is 21.2. The van der Waals surface area contributed by atoms with Gasteiger partial charge in [-0.3, -0.25) is 14.5 Å². The third kappa shape index (κ3) is 7.30. The zero-order chi connectivity index (χ0) is 24.6. The predicted octanol–water partition coefficient (Wildman–Crippen LogP) is 6.33. The first-order valence-electron chi connectivity index (χ1n) is 11.0. The molecule has 0 amide bonds. The van der Waals surface area contributed by atoms with Crippen molar-refractivity contribution in [3.05, 3.63) is 90.0 Å². The minimum atomic E-state index is -4.39. The quantitative estimate of drug-likeness (QED) is 0.148. The fourth-order valence-electron chi connectivity index (χ4n) is 3.44. The number of carbonyl (C=O) groups excluding carboxylic acids is 2. The monoisotopic (exact) mass is 482 g/mol. The highest BCUT2D eigenvalue weighted by Crippen LogP contribution is 2.44. The van der Waals surface area contributed by atoms with Crippen molar-refractivity contribution in [3.63, 3.8) is 0 Å². The zero-order valence-corrected chi connectivity index (χ0v) is 19.9. The number of unbranched alkanes of at least 4 members (excludes halogenated alkanes) is 1. The number of phosphoric acid groups is 1. The molecule has 1 N–H and O–H groups in total. The molecule has 0 aliphatic rings. The van der Waals surface area contributed by atoms with Crippen LogP contribution in [-0.4, -0.2) is 16.6 Å². The van der Waals surface area contributed by atoms with E-state index >= 15 is 0 Å². The molecule has 0 heterocycles. The van der Waals surface area contributed by atoms with Crippen LogP contribution in [0.1, 0.15) is 54.9 Å². The second-order valence-electron chi connectivity index (χ2n) is 7.71. The number of phosphoric ester groups is 1. The number of Topliss-reactive ketones (excluding diaryl/α,β-unsaturated/α-hetero) is 1. The minimum absolute atomic E-state index is 0.0760. The Morgan fingerprint density at radius 2 is 1.41 bits per heavy atom. The first-order chi connectivity index (χ1) is 16.3. The molecule has 3 rings (SSSR count). The molecule has 0 spiro atoms. The fourth-order valence-corrected chi connectivity index (χ4v) is 4.25. The van der Waals surface area contributed by atoms with Gasteiger partial charge in [-0.15, -0.1) is 0 Å². The summed E-state index contributed by atoms with van der Waals surface area (Å²) >= 11 is 0. The number of para-hydroxylation sites is 1. The number of hydrogen-bond donors (Lipinski definition) is 1. The number of benzene rings is 3. The Labute approximate surface area is 198 Å². The summed E-state index contributed by atoms with van der Waals surface area (Å²) in [5.41, 5.74) is 1.28. The molecule has 0 bridgehead atoms. The second-order valence-corrected chi connectivity index (χ2v) is 9.01. The highest BCUT2D eigenvalue weighted by atomic mass is 31.2. The molecule has 0 aliphatic carbocycles. The second kappa shape index (κ2) is 11.6. The first kappa shape index (κ1) is 25.2. The summed E-state index contributed by atoms with van der Waals surface area (Å²) in [4.78, 5) is 34.5. The Morgan fingerprint density at radius 1 is 0.853 bits per heavy atom. The molecule has 0 aliphatic heterocycles. The van der Waals surface area contributed by atoms with Crippen LogP contribution in [0.5, 0.6) is 17.2 Å². The van der Waals surface area contributed by atoms with Gasteiger partial charge in [0.05, 0.1) is 0 Å². The molecule has 2 atom stereocenters. The zero-order valence-electron chi connectivity index (χ0n) is 19.0. The van der Waals surface area contributed by atoms with Crippen LogP contribution in [0.15, 0.2) is 78.9 Å². The van der Waals surface area contributed by atoms with Crippen molar-refractivity contribution in [3.8, 4) is 17.2 Å². The molecule has 8 heteroatoms. The van der Waals surface area contributed by atoms with Crippen molar-refractivity contribution < 1.29 is 32.8 Å². The average molecular weight is 482 g/mol. The maximum Gasteiger partial charge on any atom is 0.584 e. The Kier molecular flexibility index (Phi) is 8.63. The van der Waals surface area contributed by atoms with E-state index in [1.807, 2.05) is 0 Å². The SMILES string of the molecule is CCCCC(C(=O)c1ccc(OP(=O)(O)Oc2ccccc2)cc1)c1ccc(OC(C)=O)cc1. The van der Waals surface area contributed by atoms with E-state index in [9.17, 15) is 19.0 Å². The minimum Gasteiger partial charge on any atom is -0.427 e. The van der Waals surface area contributed by atoms with Gasteiger partial charge >= 0.3 is 13.8 Å². The third-order valence-electron chi connectivity index (χ3n) is 5.03. The van der Waals surface area contributed by atoms with Gasteiger partial charge in [0.2, 0.25) is 0 Å². The Balaban J connectivity index is 1.73. The molecule has 0 fully saturated rings. The molecule has 7 nitrogen and oxygen atoms in total. The van der Waals surface area contributed by atoms with Gasteiger partial charge in [-0.25, -0.2) is 4.57 Å². The largest absolute Gasteiger partial charge is 0.584 e. The van der Waals surface area contributed by atoms with Crippen molar-refractivity contribution in [2.75, 3.05) is 0 Å². The number of ether oxygens (including phenoxy) is 1. The lowest BCUT2D eigenvalue weighted by Crippen LogP contribution is -2.13. The molecule has 0 saturated heterocycles. The van der Waals surface area contributed by atoms with E-state index in [1.54, 1.807) is 66.7 Å². The lowest BCUT2D eigenvalue weighted by molar-refractivity contribution is -0.131. The lowest BCUT2D eigenvalue weighted by atomic mass is 9.86. The molecular weight excluding hydrogens is 455 g/mol. The van der Waals surface area contributed by atoms with Crippen molar-refractivity contribution in [1.29, 1.82) is 0 Å². The van der Waals surface area contributed by atoms with Gasteiger partial charge in [-0.1, -0.05) is 50.1 Å². The van der Waals surface area contributed by atoms with E-state index in [2.05, 4.69) is 6.92 Å². The van der Waals surface area contributed by atoms with Crippen molar-refractivity contribution >= 4 is 19.6 Å². The highest BCUT2D eigenvalue weighted by Gasteiger charge is 2.26. The predicted molar refractivity (Wildman–Crippen MR) is 128 cm³/mol. The summed E-state index contributed by atoms with van der Waals surface area (Å²) in [6.07, 6.45) is 2.47. The summed E-state index contributed by atoms with van der Waals surface area (Å²) in [7, 11) is -4.39. The number of esters is 1. The average Bonchev–Trinajstić information content (AvgIpc) is 2.80. The van der Waals surface area contributed by atoms with E-state index < -0.39 is 13.8 Å². The summed E-state index contributed by atoms with van der Waals surface area (Å²) in [5, 5.41) is 0.